The van der Waals surface area contributed by atoms with Gasteiger partial charge in [0.15, 0.2) is 0 Å². The number of rotatable bonds is 3. The number of H-pyrrole nitrogens is 1. The summed E-state index contributed by atoms with van der Waals surface area (Å²) in [5.41, 5.74) is 8.98. The van der Waals surface area contributed by atoms with Crippen LogP contribution in [0, 0.1) is 5.92 Å². The lowest BCUT2D eigenvalue weighted by molar-refractivity contribution is 0.592. The summed E-state index contributed by atoms with van der Waals surface area (Å²) in [6.45, 7) is 2.87. The number of hydrogen-bond acceptors (Lipinski definition) is 2. The SMILES string of the molecule is CC(CN)Cc1cc2[nH]cnc2cc1Br. The number of nitrogens with zero attached hydrogens (tertiary/aromatic N) is 1. The molecule has 1 unspecified atom stereocenters. The number of aromatic amines is 1. The van der Waals surface area contributed by atoms with Gasteiger partial charge in [-0.2, -0.15) is 0 Å². The largest absolute Gasteiger partial charge is 0.345 e. The van der Waals surface area contributed by atoms with E-state index in [-0.39, 0.29) is 0 Å². The molecule has 0 amide bonds. The highest BCUT2D eigenvalue weighted by atomic mass is 79.9. The Morgan fingerprint density at radius 1 is 1.53 bits per heavy atom. The number of hydrogen-bond donors (Lipinski definition) is 2. The van der Waals surface area contributed by atoms with Crippen molar-refractivity contribution in [2.75, 3.05) is 6.54 Å². The van der Waals surface area contributed by atoms with E-state index in [9.17, 15) is 0 Å². The maximum atomic E-state index is 5.63. The van der Waals surface area contributed by atoms with Crippen LogP contribution in [0.25, 0.3) is 11.0 Å². The van der Waals surface area contributed by atoms with Crippen molar-refractivity contribution in [3.63, 3.8) is 0 Å². The Hall–Kier alpha value is -0.870. The van der Waals surface area contributed by atoms with E-state index in [0.717, 1.165) is 21.9 Å². The number of benzene rings is 1. The third-order valence-corrected chi connectivity index (χ3v) is 3.30. The van der Waals surface area contributed by atoms with Crippen LogP contribution in [0.2, 0.25) is 0 Å². The molecular formula is C11H14BrN3. The first-order chi connectivity index (χ1) is 7.20. The number of nitrogens with one attached hydrogen (secondary N) is 1. The van der Waals surface area contributed by atoms with Gasteiger partial charge >= 0.3 is 0 Å². The van der Waals surface area contributed by atoms with Gasteiger partial charge in [0, 0.05) is 4.47 Å². The molecule has 0 radical (unpaired) electrons. The van der Waals surface area contributed by atoms with Gasteiger partial charge in [0.05, 0.1) is 17.4 Å². The van der Waals surface area contributed by atoms with Gasteiger partial charge in [0.1, 0.15) is 0 Å². The topological polar surface area (TPSA) is 54.7 Å². The number of fused-ring (bicyclic) bond motifs is 1. The lowest BCUT2D eigenvalue weighted by Gasteiger charge is -2.10. The molecule has 1 heterocycles. The Morgan fingerprint density at radius 2 is 2.33 bits per heavy atom. The van der Waals surface area contributed by atoms with E-state index < -0.39 is 0 Å². The van der Waals surface area contributed by atoms with Crippen molar-refractivity contribution < 1.29 is 0 Å². The molecule has 1 atom stereocenters. The van der Waals surface area contributed by atoms with Crippen molar-refractivity contribution in [3.8, 4) is 0 Å². The zero-order chi connectivity index (χ0) is 10.8. The summed E-state index contributed by atoms with van der Waals surface area (Å²) in [4.78, 5) is 7.32. The standard InChI is InChI=1S/C11H14BrN3/c1-7(5-13)2-8-3-10-11(4-9(8)12)15-6-14-10/h3-4,6-7H,2,5,13H2,1H3,(H,14,15). The number of imidazole rings is 1. The van der Waals surface area contributed by atoms with Gasteiger partial charge in [-0.1, -0.05) is 22.9 Å². The van der Waals surface area contributed by atoms with Crippen LogP contribution in [0.5, 0.6) is 0 Å². The normalized spacial score (nSPS) is 13.3. The van der Waals surface area contributed by atoms with Gasteiger partial charge in [0.25, 0.3) is 0 Å². The van der Waals surface area contributed by atoms with Crippen LogP contribution in [-0.4, -0.2) is 16.5 Å². The number of aromatic nitrogens is 2. The molecule has 2 rings (SSSR count). The fourth-order valence-corrected chi connectivity index (χ4v) is 2.11. The fraction of sp³-hybridized carbons (Fsp3) is 0.364. The molecule has 0 bridgehead atoms. The fourth-order valence-electron chi connectivity index (χ4n) is 1.62. The Balaban J connectivity index is 2.37. The van der Waals surface area contributed by atoms with Gasteiger partial charge in [-0.15, -0.1) is 0 Å². The molecule has 0 saturated heterocycles. The molecule has 4 heteroatoms. The van der Waals surface area contributed by atoms with Crippen LogP contribution in [0.1, 0.15) is 12.5 Å². The van der Waals surface area contributed by atoms with E-state index in [1.165, 1.54) is 5.56 Å². The second-order valence-electron chi connectivity index (χ2n) is 3.91. The molecule has 0 fully saturated rings. The van der Waals surface area contributed by atoms with Gasteiger partial charge < -0.3 is 10.7 Å². The smallest absolute Gasteiger partial charge is 0.0931 e. The summed E-state index contributed by atoms with van der Waals surface area (Å²) in [7, 11) is 0. The maximum Gasteiger partial charge on any atom is 0.0931 e. The van der Waals surface area contributed by atoms with Crippen LogP contribution in [0.3, 0.4) is 0 Å². The molecule has 1 aromatic heterocycles. The van der Waals surface area contributed by atoms with Crippen molar-refractivity contribution in [2.24, 2.45) is 11.7 Å². The quantitative estimate of drug-likeness (QED) is 0.898. The second-order valence-corrected chi connectivity index (χ2v) is 4.76. The number of nitrogens with two attached hydrogens (primary N) is 1. The molecule has 1 aromatic carbocycles. The zero-order valence-electron chi connectivity index (χ0n) is 8.63. The van der Waals surface area contributed by atoms with E-state index in [0.29, 0.717) is 12.5 Å². The van der Waals surface area contributed by atoms with E-state index in [2.05, 4.69) is 38.9 Å². The van der Waals surface area contributed by atoms with E-state index in [1.54, 1.807) is 6.33 Å². The third-order valence-electron chi connectivity index (χ3n) is 2.56. The monoisotopic (exact) mass is 267 g/mol. The summed E-state index contributed by atoms with van der Waals surface area (Å²) < 4.78 is 1.11. The highest BCUT2D eigenvalue weighted by Crippen LogP contribution is 2.24. The molecule has 3 N–H and O–H groups in total. The second kappa shape index (κ2) is 4.33. The summed E-state index contributed by atoms with van der Waals surface area (Å²) in [6.07, 6.45) is 2.71. The van der Waals surface area contributed by atoms with Crippen molar-refractivity contribution in [1.29, 1.82) is 0 Å². The maximum absolute atomic E-state index is 5.63. The average Bonchev–Trinajstić information content (AvgIpc) is 2.65. The first kappa shape index (κ1) is 10.6. The molecule has 3 nitrogen and oxygen atoms in total. The molecule has 80 valence electrons. The Labute approximate surface area is 97.2 Å². The van der Waals surface area contributed by atoms with Gasteiger partial charge in [0.2, 0.25) is 0 Å². The van der Waals surface area contributed by atoms with Crippen molar-refractivity contribution in [3.05, 3.63) is 28.5 Å². The van der Waals surface area contributed by atoms with E-state index >= 15 is 0 Å². The molecule has 2 aromatic rings. The van der Waals surface area contributed by atoms with Crippen LogP contribution < -0.4 is 5.73 Å². The van der Waals surface area contributed by atoms with Crippen molar-refractivity contribution in [1.82, 2.24) is 9.97 Å². The average molecular weight is 268 g/mol. The third kappa shape index (κ3) is 2.21. The van der Waals surface area contributed by atoms with Crippen LogP contribution in [0.4, 0.5) is 0 Å². The van der Waals surface area contributed by atoms with Gasteiger partial charge in [-0.25, -0.2) is 4.98 Å². The lowest BCUT2D eigenvalue weighted by Crippen LogP contribution is -2.13. The minimum absolute atomic E-state index is 0.502. The molecule has 0 aliphatic carbocycles. The summed E-state index contributed by atoms with van der Waals surface area (Å²) in [5, 5.41) is 0. The first-order valence-corrected chi connectivity index (χ1v) is 5.81. The zero-order valence-corrected chi connectivity index (χ0v) is 10.2. The number of halogens is 1. The summed E-state index contributed by atoms with van der Waals surface area (Å²) in [5.74, 6) is 0.502. The summed E-state index contributed by atoms with van der Waals surface area (Å²) >= 11 is 3.57. The Bertz CT molecular complexity index is 464. The van der Waals surface area contributed by atoms with Gasteiger partial charge in [-0.3, -0.25) is 0 Å². The predicted octanol–water partition coefficient (Wildman–Crippen LogP) is 2.46. The molecule has 15 heavy (non-hydrogen) atoms. The minimum Gasteiger partial charge on any atom is -0.345 e. The Kier molecular flexibility index (Phi) is 3.07. The predicted molar refractivity (Wildman–Crippen MR) is 65.7 cm³/mol. The minimum atomic E-state index is 0.502. The highest BCUT2D eigenvalue weighted by molar-refractivity contribution is 9.10. The Morgan fingerprint density at radius 3 is 3.07 bits per heavy atom. The van der Waals surface area contributed by atoms with Crippen LogP contribution in [0.15, 0.2) is 22.9 Å². The van der Waals surface area contributed by atoms with Crippen LogP contribution >= 0.6 is 15.9 Å². The molecule has 0 aliphatic heterocycles. The lowest BCUT2D eigenvalue weighted by atomic mass is 10.0. The molecule has 0 saturated carbocycles. The summed E-state index contributed by atoms with van der Waals surface area (Å²) in [6, 6.07) is 4.18. The molecule has 0 spiro atoms. The highest BCUT2D eigenvalue weighted by Gasteiger charge is 2.07. The van der Waals surface area contributed by atoms with E-state index in [4.69, 9.17) is 5.73 Å². The van der Waals surface area contributed by atoms with E-state index in [1.807, 2.05) is 6.07 Å². The van der Waals surface area contributed by atoms with Crippen molar-refractivity contribution in [2.45, 2.75) is 13.3 Å². The van der Waals surface area contributed by atoms with Gasteiger partial charge in [-0.05, 0) is 36.6 Å². The van der Waals surface area contributed by atoms with Crippen molar-refractivity contribution >= 4 is 27.0 Å². The van der Waals surface area contributed by atoms with Crippen LogP contribution in [-0.2, 0) is 6.42 Å². The first-order valence-electron chi connectivity index (χ1n) is 5.02. The molecule has 0 aliphatic rings. The molecular weight excluding hydrogens is 254 g/mol.